The van der Waals surface area contributed by atoms with E-state index >= 15 is 0 Å². The molecule has 2 aromatic rings. The first-order valence-electron chi connectivity index (χ1n) is 6.12. The second-order valence-corrected chi connectivity index (χ2v) is 4.53. The third-order valence-corrected chi connectivity index (χ3v) is 2.94. The van der Waals surface area contributed by atoms with E-state index in [2.05, 4.69) is 10.3 Å². The first kappa shape index (κ1) is 13.8. The van der Waals surface area contributed by atoms with Crippen LogP contribution >= 0.6 is 0 Å². The van der Waals surface area contributed by atoms with Gasteiger partial charge in [-0.3, -0.25) is 15.1 Å². The van der Waals surface area contributed by atoms with E-state index in [4.69, 9.17) is 0 Å². The van der Waals surface area contributed by atoms with Gasteiger partial charge in [-0.1, -0.05) is 0 Å². The molecule has 2 N–H and O–H groups in total. The summed E-state index contributed by atoms with van der Waals surface area (Å²) in [4.78, 5) is 14.6. The van der Waals surface area contributed by atoms with Crippen molar-refractivity contribution in [3.05, 3.63) is 57.4 Å². The van der Waals surface area contributed by atoms with E-state index in [0.29, 0.717) is 17.8 Å². The number of aryl methyl sites for hydroxylation is 2. The van der Waals surface area contributed by atoms with Crippen molar-refractivity contribution in [1.82, 2.24) is 4.98 Å². The lowest BCUT2D eigenvalue weighted by molar-refractivity contribution is -0.385. The Hall–Kier alpha value is -2.63. The molecule has 6 nitrogen and oxygen atoms in total. The number of pyridine rings is 1. The topological polar surface area (TPSA) is 88.3 Å². The summed E-state index contributed by atoms with van der Waals surface area (Å²) in [6, 6.07) is 8.12. The lowest BCUT2D eigenvalue weighted by Gasteiger charge is -2.09. The number of benzene rings is 1. The number of nitrogens with zero attached hydrogens (tertiary/aromatic N) is 2. The summed E-state index contributed by atoms with van der Waals surface area (Å²) in [5.74, 6) is 0.127. The van der Waals surface area contributed by atoms with Crippen molar-refractivity contribution in [2.45, 2.75) is 20.4 Å². The number of aromatic nitrogens is 1. The maximum Gasteiger partial charge on any atom is 0.272 e. The second kappa shape index (κ2) is 5.56. The lowest BCUT2D eigenvalue weighted by atomic mass is 10.2. The number of hydrogen-bond acceptors (Lipinski definition) is 5. The molecule has 0 aliphatic heterocycles. The molecule has 0 amide bonds. The third-order valence-electron chi connectivity index (χ3n) is 2.94. The number of hydrogen-bond donors (Lipinski definition) is 2. The van der Waals surface area contributed by atoms with Crippen LogP contribution in [0.1, 0.15) is 17.0 Å². The number of aromatic hydroxyl groups is 1. The van der Waals surface area contributed by atoms with Gasteiger partial charge in [0.05, 0.1) is 11.5 Å². The van der Waals surface area contributed by atoms with Crippen LogP contribution in [-0.2, 0) is 6.54 Å². The molecule has 0 saturated heterocycles. The van der Waals surface area contributed by atoms with E-state index in [9.17, 15) is 15.2 Å². The van der Waals surface area contributed by atoms with E-state index in [0.717, 1.165) is 11.4 Å². The molecule has 0 aliphatic carbocycles. The first-order chi connectivity index (χ1) is 9.47. The number of rotatable bonds is 4. The van der Waals surface area contributed by atoms with Crippen LogP contribution in [0.4, 0.5) is 11.4 Å². The summed E-state index contributed by atoms with van der Waals surface area (Å²) in [7, 11) is 0. The maximum absolute atomic E-state index is 10.7. The molecule has 1 aromatic heterocycles. The van der Waals surface area contributed by atoms with Crippen LogP contribution in [0.3, 0.4) is 0 Å². The molecule has 0 atom stereocenters. The van der Waals surface area contributed by atoms with Crippen molar-refractivity contribution in [1.29, 1.82) is 0 Å². The molecule has 0 radical (unpaired) electrons. The molecular weight excluding hydrogens is 258 g/mol. The molecule has 104 valence electrons. The minimum atomic E-state index is -0.410. The van der Waals surface area contributed by atoms with Crippen molar-refractivity contribution >= 4 is 11.4 Å². The fourth-order valence-electron chi connectivity index (χ4n) is 1.89. The average molecular weight is 273 g/mol. The Balaban J connectivity index is 2.13. The zero-order chi connectivity index (χ0) is 14.7. The largest absolute Gasteiger partial charge is 0.506 e. The van der Waals surface area contributed by atoms with Gasteiger partial charge < -0.3 is 10.4 Å². The van der Waals surface area contributed by atoms with Gasteiger partial charge in [0.25, 0.3) is 5.69 Å². The molecule has 6 heteroatoms. The predicted octanol–water partition coefficient (Wildman–Crippen LogP) is 2.92. The van der Waals surface area contributed by atoms with Crippen molar-refractivity contribution in [2.75, 3.05) is 5.32 Å². The molecule has 0 fully saturated rings. The second-order valence-electron chi connectivity index (χ2n) is 4.53. The fourth-order valence-corrected chi connectivity index (χ4v) is 1.89. The molecule has 0 unspecified atom stereocenters. The van der Waals surface area contributed by atoms with Gasteiger partial charge in [0, 0.05) is 23.0 Å². The predicted molar refractivity (Wildman–Crippen MR) is 75.8 cm³/mol. The smallest absolute Gasteiger partial charge is 0.272 e. The maximum atomic E-state index is 10.7. The van der Waals surface area contributed by atoms with Gasteiger partial charge in [-0.15, -0.1) is 0 Å². The van der Waals surface area contributed by atoms with Gasteiger partial charge in [-0.25, -0.2) is 0 Å². The first-order valence-corrected chi connectivity index (χ1v) is 6.12. The van der Waals surface area contributed by atoms with Gasteiger partial charge in [-0.05, 0) is 38.1 Å². The van der Waals surface area contributed by atoms with E-state index in [1.165, 1.54) is 6.07 Å². The van der Waals surface area contributed by atoms with Crippen LogP contribution in [0.2, 0.25) is 0 Å². The number of nitro benzene ring substituents is 1. The fraction of sp³-hybridized carbons (Fsp3) is 0.214. The van der Waals surface area contributed by atoms with Gasteiger partial charge in [-0.2, -0.15) is 0 Å². The van der Waals surface area contributed by atoms with Crippen molar-refractivity contribution in [3.8, 4) is 5.75 Å². The highest BCUT2D eigenvalue weighted by molar-refractivity contribution is 5.53. The SMILES string of the molecule is Cc1ccc(O)c(CNc2ccc([N+](=O)[O-])c(C)c2)n1. The van der Waals surface area contributed by atoms with Gasteiger partial charge in [0.1, 0.15) is 11.4 Å². The molecule has 0 bridgehead atoms. The van der Waals surface area contributed by atoms with Crippen molar-refractivity contribution in [3.63, 3.8) is 0 Å². The van der Waals surface area contributed by atoms with Crippen LogP contribution in [-0.4, -0.2) is 15.0 Å². The van der Waals surface area contributed by atoms with E-state index in [1.54, 1.807) is 31.2 Å². The summed E-state index contributed by atoms with van der Waals surface area (Å²) in [5.41, 5.74) is 2.78. The molecule has 0 aliphatic rings. The monoisotopic (exact) mass is 273 g/mol. The van der Waals surface area contributed by atoms with Crippen LogP contribution in [0.5, 0.6) is 5.75 Å². The minimum Gasteiger partial charge on any atom is -0.506 e. The minimum absolute atomic E-state index is 0.0899. The van der Waals surface area contributed by atoms with Crippen LogP contribution in [0.15, 0.2) is 30.3 Å². The highest BCUT2D eigenvalue weighted by atomic mass is 16.6. The number of anilines is 1. The summed E-state index contributed by atoms with van der Waals surface area (Å²) >= 11 is 0. The summed E-state index contributed by atoms with van der Waals surface area (Å²) < 4.78 is 0. The Labute approximate surface area is 116 Å². The summed E-state index contributed by atoms with van der Waals surface area (Å²) in [6.45, 7) is 3.88. The average Bonchev–Trinajstić information content (AvgIpc) is 2.39. The zero-order valence-corrected chi connectivity index (χ0v) is 11.3. The molecular formula is C14H15N3O3. The van der Waals surface area contributed by atoms with Gasteiger partial charge in [0.15, 0.2) is 0 Å². The third kappa shape index (κ3) is 3.03. The van der Waals surface area contributed by atoms with E-state index < -0.39 is 4.92 Å². The molecule has 0 spiro atoms. The molecule has 20 heavy (non-hydrogen) atoms. The number of nitro groups is 1. The Morgan fingerprint density at radius 1 is 1.30 bits per heavy atom. The Kier molecular flexibility index (Phi) is 3.84. The molecule has 0 saturated carbocycles. The van der Waals surface area contributed by atoms with Crippen LogP contribution in [0.25, 0.3) is 0 Å². The molecule has 2 rings (SSSR count). The Morgan fingerprint density at radius 2 is 2.05 bits per heavy atom. The van der Waals surface area contributed by atoms with Gasteiger partial charge in [0.2, 0.25) is 0 Å². The van der Waals surface area contributed by atoms with Crippen LogP contribution in [0, 0.1) is 24.0 Å². The number of nitrogens with one attached hydrogen (secondary N) is 1. The highest BCUT2D eigenvalue weighted by Crippen LogP contribution is 2.22. The highest BCUT2D eigenvalue weighted by Gasteiger charge is 2.10. The normalized spacial score (nSPS) is 10.3. The summed E-state index contributed by atoms with van der Waals surface area (Å²) in [5, 5.41) is 23.5. The Morgan fingerprint density at radius 3 is 2.70 bits per heavy atom. The molecule has 1 heterocycles. The van der Waals surface area contributed by atoms with Crippen molar-refractivity contribution in [2.24, 2.45) is 0 Å². The Bertz CT molecular complexity index is 656. The van der Waals surface area contributed by atoms with Crippen molar-refractivity contribution < 1.29 is 10.0 Å². The van der Waals surface area contributed by atoms with Crippen LogP contribution < -0.4 is 5.32 Å². The van der Waals surface area contributed by atoms with Gasteiger partial charge >= 0.3 is 0 Å². The quantitative estimate of drug-likeness (QED) is 0.660. The zero-order valence-electron chi connectivity index (χ0n) is 11.3. The van der Waals surface area contributed by atoms with E-state index in [1.807, 2.05) is 6.92 Å². The lowest BCUT2D eigenvalue weighted by Crippen LogP contribution is -2.03. The van der Waals surface area contributed by atoms with E-state index in [-0.39, 0.29) is 11.4 Å². The summed E-state index contributed by atoms with van der Waals surface area (Å²) in [6.07, 6.45) is 0. The standard InChI is InChI=1S/C14H15N3O3/c1-9-7-11(4-5-13(9)17(19)20)15-8-12-14(18)6-3-10(2)16-12/h3-7,15,18H,8H2,1-2H3. The molecule has 1 aromatic carbocycles.